The van der Waals surface area contributed by atoms with Gasteiger partial charge in [-0.1, -0.05) is 18.2 Å². The van der Waals surface area contributed by atoms with Crippen molar-refractivity contribution in [3.8, 4) is 0 Å². The standard InChI is InChI=1S/C21H22N2O4/c1-21(14-15-4-2-3-5-18(15)19(24)27-21)20(25)22-16-6-8-17(9-7-16)23-10-12-26-13-11-23/h2-9H,10-14H2,1H3,(H,22,25)/t21-/m0/s1. The van der Waals surface area contributed by atoms with Crippen LogP contribution in [0.1, 0.15) is 22.8 Å². The first-order chi connectivity index (χ1) is 13.0. The molecule has 1 atom stereocenters. The first-order valence-electron chi connectivity index (χ1n) is 9.11. The van der Waals surface area contributed by atoms with Gasteiger partial charge in [0.25, 0.3) is 5.91 Å². The zero-order valence-corrected chi connectivity index (χ0v) is 15.2. The van der Waals surface area contributed by atoms with Crippen LogP contribution in [0, 0.1) is 0 Å². The van der Waals surface area contributed by atoms with Crippen LogP contribution in [-0.2, 0) is 20.7 Å². The highest BCUT2D eigenvalue weighted by atomic mass is 16.6. The maximum absolute atomic E-state index is 12.8. The van der Waals surface area contributed by atoms with Crippen molar-refractivity contribution < 1.29 is 19.1 Å². The van der Waals surface area contributed by atoms with Gasteiger partial charge in [-0.15, -0.1) is 0 Å². The largest absolute Gasteiger partial charge is 0.445 e. The van der Waals surface area contributed by atoms with Crippen molar-refractivity contribution in [2.24, 2.45) is 0 Å². The molecule has 2 heterocycles. The topological polar surface area (TPSA) is 67.9 Å². The highest BCUT2D eigenvalue weighted by molar-refractivity contribution is 6.02. The van der Waals surface area contributed by atoms with E-state index in [1.54, 1.807) is 19.1 Å². The molecule has 27 heavy (non-hydrogen) atoms. The number of carbonyl (C=O) groups excluding carboxylic acids is 2. The van der Waals surface area contributed by atoms with Gasteiger partial charge in [0, 0.05) is 30.9 Å². The molecule has 0 bridgehead atoms. The Hall–Kier alpha value is -2.86. The lowest BCUT2D eigenvalue weighted by Crippen LogP contribution is -2.48. The van der Waals surface area contributed by atoms with Crippen molar-refractivity contribution in [2.75, 3.05) is 36.5 Å². The van der Waals surface area contributed by atoms with Gasteiger partial charge in [-0.05, 0) is 42.8 Å². The Morgan fingerprint density at radius 3 is 2.52 bits per heavy atom. The number of hydrogen-bond acceptors (Lipinski definition) is 5. The highest BCUT2D eigenvalue weighted by Crippen LogP contribution is 2.29. The third-order valence-corrected chi connectivity index (χ3v) is 5.06. The summed E-state index contributed by atoms with van der Waals surface area (Å²) in [4.78, 5) is 27.3. The van der Waals surface area contributed by atoms with Crippen molar-refractivity contribution in [3.05, 3.63) is 59.7 Å². The molecule has 1 amide bonds. The molecule has 0 aromatic heterocycles. The SMILES string of the molecule is C[C@@]1(C(=O)Nc2ccc(N3CCOCC3)cc2)Cc2ccccc2C(=O)O1. The molecule has 2 aliphatic heterocycles. The Morgan fingerprint density at radius 1 is 1.07 bits per heavy atom. The molecule has 2 aromatic rings. The number of esters is 1. The summed E-state index contributed by atoms with van der Waals surface area (Å²) in [5, 5.41) is 2.87. The van der Waals surface area contributed by atoms with Gasteiger partial charge in [0.2, 0.25) is 0 Å². The fourth-order valence-corrected chi connectivity index (χ4v) is 3.50. The first kappa shape index (κ1) is 17.5. The van der Waals surface area contributed by atoms with Crippen LogP contribution >= 0.6 is 0 Å². The predicted octanol–water partition coefficient (Wildman–Crippen LogP) is 2.63. The van der Waals surface area contributed by atoms with Crippen LogP contribution in [0.5, 0.6) is 0 Å². The van der Waals surface area contributed by atoms with Crippen LogP contribution in [0.15, 0.2) is 48.5 Å². The minimum Gasteiger partial charge on any atom is -0.445 e. The van der Waals surface area contributed by atoms with Gasteiger partial charge >= 0.3 is 5.97 Å². The lowest BCUT2D eigenvalue weighted by molar-refractivity contribution is -0.134. The Balaban J connectivity index is 1.46. The normalized spacial score (nSPS) is 22.0. The summed E-state index contributed by atoms with van der Waals surface area (Å²) >= 11 is 0. The number of rotatable bonds is 3. The van der Waals surface area contributed by atoms with E-state index in [9.17, 15) is 9.59 Å². The molecular formula is C21H22N2O4. The number of hydrogen-bond donors (Lipinski definition) is 1. The zero-order chi connectivity index (χ0) is 18.9. The third kappa shape index (κ3) is 3.53. The van der Waals surface area contributed by atoms with Gasteiger partial charge in [0.15, 0.2) is 5.60 Å². The lowest BCUT2D eigenvalue weighted by atomic mass is 9.89. The molecule has 2 aliphatic rings. The summed E-state index contributed by atoms with van der Waals surface area (Å²) in [6.45, 7) is 4.82. The lowest BCUT2D eigenvalue weighted by Gasteiger charge is -2.33. The summed E-state index contributed by atoms with van der Waals surface area (Å²) in [6.07, 6.45) is 0.354. The minimum atomic E-state index is -1.23. The molecule has 140 valence electrons. The molecular weight excluding hydrogens is 344 g/mol. The Kier molecular flexibility index (Phi) is 4.58. The summed E-state index contributed by atoms with van der Waals surface area (Å²) in [6, 6.07) is 14.9. The second-order valence-corrected chi connectivity index (χ2v) is 7.05. The van der Waals surface area contributed by atoms with Gasteiger partial charge in [-0.3, -0.25) is 4.79 Å². The van der Waals surface area contributed by atoms with E-state index in [0.717, 1.165) is 37.6 Å². The number of carbonyl (C=O) groups is 2. The van der Waals surface area contributed by atoms with Gasteiger partial charge in [0.1, 0.15) is 0 Å². The highest BCUT2D eigenvalue weighted by Gasteiger charge is 2.42. The van der Waals surface area contributed by atoms with E-state index < -0.39 is 11.6 Å². The summed E-state index contributed by atoms with van der Waals surface area (Å²) in [7, 11) is 0. The molecule has 0 radical (unpaired) electrons. The minimum absolute atomic E-state index is 0.329. The van der Waals surface area contributed by atoms with Crippen LogP contribution in [0.4, 0.5) is 11.4 Å². The Morgan fingerprint density at radius 2 is 1.78 bits per heavy atom. The molecule has 0 unspecified atom stereocenters. The van der Waals surface area contributed by atoms with Crippen LogP contribution < -0.4 is 10.2 Å². The van der Waals surface area contributed by atoms with Crippen molar-refractivity contribution in [2.45, 2.75) is 18.9 Å². The summed E-state index contributed by atoms with van der Waals surface area (Å²) in [5.74, 6) is -0.790. The average molecular weight is 366 g/mol. The predicted molar refractivity (Wildman–Crippen MR) is 102 cm³/mol. The van der Waals surface area contributed by atoms with Crippen LogP contribution in [0.3, 0.4) is 0 Å². The quantitative estimate of drug-likeness (QED) is 0.846. The molecule has 6 nitrogen and oxygen atoms in total. The number of ether oxygens (including phenoxy) is 2. The fraction of sp³-hybridized carbons (Fsp3) is 0.333. The molecule has 1 saturated heterocycles. The van der Waals surface area contributed by atoms with E-state index >= 15 is 0 Å². The summed E-state index contributed by atoms with van der Waals surface area (Å²) < 4.78 is 10.8. The number of anilines is 2. The van der Waals surface area contributed by atoms with E-state index in [-0.39, 0.29) is 5.91 Å². The molecule has 2 aromatic carbocycles. The number of benzene rings is 2. The van der Waals surface area contributed by atoms with Gasteiger partial charge < -0.3 is 19.7 Å². The molecule has 1 fully saturated rings. The van der Waals surface area contributed by atoms with E-state index in [4.69, 9.17) is 9.47 Å². The monoisotopic (exact) mass is 366 g/mol. The molecule has 4 rings (SSSR count). The van der Waals surface area contributed by atoms with Gasteiger partial charge in [0.05, 0.1) is 18.8 Å². The van der Waals surface area contributed by atoms with E-state index in [0.29, 0.717) is 17.7 Å². The third-order valence-electron chi connectivity index (χ3n) is 5.06. The first-order valence-corrected chi connectivity index (χ1v) is 9.11. The smallest absolute Gasteiger partial charge is 0.339 e. The molecule has 0 aliphatic carbocycles. The molecule has 6 heteroatoms. The number of morpholine rings is 1. The number of cyclic esters (lactones) is 1. The van der Waals surface area contributed by atoms with Gasteiger partial charge in [-0.2, -0.15) is 0 Å². The molecule has 0 saturated carbocycles. The molecule has 0 spiro atoms. The van der Waals surface area contributed by atoms with Crippen LogP contribution in [0.25, 0.3) is 0 Å². The Labute approximate surface area is 158 Å². The van der Waals surface area contributed by atoms with Crippen molar-refractivity contribution >= 4 is 23.3 Å². The number of fused-ring (bicyclic) bond motifs is 1. The number of amides is 1. The maximum Gasteiger partial charge on any atom is 0.339 e. The van der Waals surface area contributed by atoms with E-state index in [2.05, 4.69) is 10.2 Å². The summed E-state index contributed by atoms with van der Waals surface area (Å²) in [5.41, 5.74) is 1.90. The Bertz CT molecular complexity index is 859. The van der Waals surface area contributed by atoms with E-state index in [1.807, 2.05) is 36.4 Å². The zero-order valence-electron chi connectivity index (χ0n) is 15.2. The molecule has 1 N–H and O–H groups in total. The van der Waals surface area contributed by atoms with Crippen molar-refractivity contribution in [1.29, 1.82) is 0 Å². The van der Waals surface area contributed by atoms with Crippen molar-refractivity contribution in [1.82, 2.24) is 0 Å². The average Bonchev–Trinajstić information content (AvgIpc) is 2.69. The fourth-order valence-electron chi connectivity index (χ4n) is 3.50. The van der Waals surface area contributed by atoms with Crippen molar-refractivity contribution in [3.63, 3.8) is 0 Å². The van der Waals surface area contributed by atoms with Gasteiger partial charge in [-0.25, -0.2) is 4.79 Å². The maximum atomic E-state index is 12.8. The second kappa shape index (κ2) is 7.04. The number of nitrogens with zero attached hydrogens (tertiary/aromatic N) is 1. The van der Waals surface area contributed by atoms with Crippen LogP contribution in [0.2, 0.25) is 0 Å². The van der Waals surface area contributed by atoms with Crippen LogP contribution in [-0.4, -0.2) is 43.8 Å². The second-order valence-electron chi connectivity index (χ2n) is 7.05. The van der Waals surface area contributed by atoms with E-state index in [1.165, 1.54) is 0 Å². The number of nitrogens with one attached hydrogen (secondary N) is 1.